The lowest BCUT2D eigenvalue weighted by Gasteiger charge is -2.28. The molecule has 53 heavy (non-hydrogen) atoms. The number of hydrogen-bond acceptors (Lipinski definition) is 7. The standard InChI is InChI=1S/C44H78NO7P/c1-6-8-10-12-14-16-18-20-22-24-26-28-30-32-34-36-39-49-43(42-52-53(47,48)51-40-38-45(3,4)5)41-50-44(46)37-35-33-31-29-27-25-23-21-19-17-15-13-11-9-7-2/h9,11,15-18,21,23,27,29,36,39,43H,6-8,10,12-14,19-20,22,24-26,28,30-35,37-38,40-42H2,1-5H3/b11-9-,17-15-,18-16-,23-21-,29-27-,39-36-. The lowest BCUT2D eigenvalue weighted by Crippen LogP contribution is -2.37. The van der Waals surface area contributed by atoms with Gasteiger partial charge in [0.2, 0.25) is 0 Å². The number of hydrogen-bond donors (Lipinski definition) is 0. The molecule has 0 amide bonds. The smallest absolute Gasteiger partial charge is 0.305 e. The first-order valence-electron chi connectivity index (χ1n) is 20.7. The van der Waals surface area contributed by atoms with Crippen LogP contribution in [0.5, 0.6) is 0 Å². The number of nitrogens with zero attached hydrogens (tertiary/aromatic N) is 1. The van der Waals surface area contributed by atoms with E-state index in [9.17, 15) is 14.3 Å². The molecular weight excluding hydrogens is 685 g/mol. The van der Waals surface area contributed by atoms with Gasteiger partial charge in [-0.3, -0.25) is 9.36 Å². The molecule has 0 aliphatic heterocycles. The van der Waals surface area contributed by atoms with Gasteiger partial charge in [0.05, 0.1) is 34.0 Å². The molecule has 0 saturated heterocycles. The van der Waals surface area contributed by atoms with Crippen molar-refractivity contribution >= 4 is 13.8 Å². The van der Waals surface area contributed by atoms with Crippen LogP contribution >= 0.6 is 7.82 Å². The second-order valence-corrected chi connectivity index (χ2v) is 16.1. The maximum atomic E-state index is 12.4. The van der Waals surface area contributed by atoms with Crippen molar-refractivity contribution in [1.82, 2.24) is 0 Å². The van der Waals surface area contributed by atoms with Crippen LogP contribution in [0.15, 0.2) is 73.1 Å². The maximum Gasteiger partial charge on any atom is 0.305 e. The quantitative estimate of drug-likeness (QED) is 0.0155. The normalized spacial score (nSPS) is 14.5. The Balaban J connectivity index is 4.42. The number of unbranched alkanes of at least 4 members (excludes halogenated alkanes) is 13. The molecule has 9 heteroatoms. The number of carbonyl (C=O) groups excluding carboxylic acids is 1. The van der Waals surface area contributed by atoms with Crippen molar-refractivity contribution < 1.29 is 37.3 Å². The Kier molecular flexibility index (Phi) is 35.2. The zero-order chi connectivity index (χ0) is 39.1. The highest BCUT2D eigenvalue weighted by molar-refractivity contribution is 7.45. The molecule has 0 fully saturated rings. The van der Waals surface area contributed by atoms with Gasteiger partial charge < -0.3 is 27.9 Å². The third-order valence-electron chi connectivity index (χ3n) is 8.33. The van der Waals surface area contributed by atoms with Gasteiger partial charge in [-0.2, -0.15) is 0 Å². The summed E-state index contributed by atoms with van der Waals surface area (Å²) in [6.07, 6.45) is 47.3. The largest absolute Gasteiger partial charge is 0.756 e. The summed E-state index contributed by atoms with van der Waals surface area (Å²) in [6, 6.07) is 0. The van der Waals surface area contributed by atoms with E-state index in [2.05, 4.69) is 74.6 Å². The van der Waals surface area contributed by atoms with Gasteiger partial charge in [-0.25, -0.2) is 0 Å². The van der Waals surface area contributed by atoms with E-state index in [-0.39, 0.29) is 25.8 Å². The molecule has 0 spiro atoms. The molecule has 306 valence electrons. The average molecular weight is 764 g/mol. The first-order valence-corrected chi connectivity index (χ1v) is 22.2. The Labute approximate surface area is 325 Å². The number of esters is 1. The molecule has 0 aliphatic rings. The van der Waals surface area contributed by atoms with E-state index in [0.717, 1.165) is 57.8 Å². The van der Waals surface area contributed by atoms with Gasteiger partial charge in [0.15, 0.2) is 6.10 Å². The maximum absolute atomic E-state index is 12.4. The highest BCUT2D eigenvalue weighted by atomic mass is 31.2. The molecule has 2 unspecified atom stereocenters. The summed E-state index contributed by atoms with van der Waals surface area (Å²) in [5.74, 6) is -0.337. The fourth-order valence-electron chi connectivity index (χ4n) is 5.04. The average Bonchev–Trinajstić information content (AvgIpc) is 3.11. The molecule has 0 aliphatic carbocycles. The molecule has 8 nitrogen and oxygen atoms in total. The van der Waals surface area contributed by atoms with Gasteiger partial charge in [-0.15, -0.1) is 0 Å². The van der Waals surface area contributed by atoms with E-state index in [4.69, 9.17) is 18.5 Å². The lowest BCUT2D eigenvalue weighted by molar-refractivity contribution is -0.870. The van der Waals surface area contributed by atoms with Gasteiger partial charge in [0.1, 0.15) is 19.8 Å². The predicted molar refractivity (Wildman–Crippen MR) is 221 cm³/mol. The van der Waals surface area contributed by atoms with E-state index in [0.29, 0.717) is 23.9 Å². The van der Waals surface area contributed by atoms with Gasteiger partial charge in [-0.1, -0.05) is 120 Å². The van der Waals surface area contributed by atoms with Gasteiger partial charge in [0, 0.05) is 6.42 Å². The van der Waals surface area contributed by atoms with E-state index < -0.39 is 13.9 Å². The van der Waals surface area contributed by atoms with Gasteiger partial charge in [0.25, 0.3) is 7.82 Å². The zero-order valence-corrected chi connectivity index (χ0v) is 35.3. The van der Waals surface area contributed by atoms with E-state index in [1.165, 1.54) is 64.2 Å². The van der Waals surface area contributed by atoms with Gasteiger partial charge >= 0.3 is 5.97 Å². The zero-order valence-electron chi connectivity index (χ0n) is 34.4. The summed E-state index contributed by atoms with van der Waals surface area (Å²) >= 11 is 0. The monoisotopic (exact) mass is 764 g/mol. The summed E-state index contributed by atoms with van der Waals surface area (Å²) in [5, 5.41) is 0. The molecule has 2 atom stereocenters. The SMILES string of the molecule is CC/C=C\C/C=C\C/C=C\C/C=C\CCCCC(=O)OCC(COP(=O)([O-])OCC[N+](C)(C)C)O/C=C\CCCCCCCC/C=C\CCCCCC. The van der Waals surface area contributed by atoms with Crippen molar-refractivity contribution in [3.63, 3.8) is 0 Å². The minimum Gasteiger partial charge on any atom is -0.756 e. The minimum atomic E-state index is -4.53. The molecule has 0 aromatic carbocycles. The molecular formula is C44H78NO7P. The van der Waals surface area contributed by atoms with Crippen molar-refractivity contribution in [3.8, 4) is 0 Å². The van der Waals surface area contributed by atoms with Crippen molar-refractivity contribution in [2.24, 2.45) is 0 Å². The third-order valence-corrected chi connectivity index (χ3v) is 9.29. The Morgan fingerprint density at radius 3 is 1.68 bits per heavy atom. The Morgan fingerprint density at radius 2 is 1.11 bits per heavy atom. The van der Waals surface area contributed by atoms with Crippen LogP contribution in [0.2, 0.25) is 0 Å². The predicted octanol–water partition coefficient (Wildman–Crippen LogP) is 11.6. The fraction of sp³-hybridized carbons (Fsp3) is 0.705. The van der Waals surface area contributed by atoms with Gasteiger partial charge in [-0.05, 0) is 89.5 Å². The Hall–Kier alpha value is -2.22. The number of quaternary nitrogens is 1. The van der Waals surface area contributed by atoms with Crippen molar-refractivity contribution in [1.29, 1.82) is 0 Å². The number of ether oxygens (including phenoxy) is 2. The van der Waals surface area contributed by atoms with Crippen molar-refractivity contribution in [2.75, 3.05) is 47.5 Å². The van der Waals surface area contributed by atoms with Crippen LogP contribution in [0.25, 0.3) is 0 Å². The summed E-state index contributed by atoms with van der Waals surface area (Å²) in [7, 11) is 1.32. The molecule has 0 heterocycles. The summed E-state index contributed by atoms with van der Waals surface area (Å²) in [4.78, 5) is 24.8. The molecule has 0 aromatic rings. The topological polar surface area (TPSA) is 94.1 Å². The minimum absolute atomic E-state index is 0.0157. The third kappa shape index (κ3) is 40.8. The summed E-state index contributed by atoms with van der Waals surface area (Å²) in [5.41, 5.74) is 0. The van der Waals surface area contributed by atoms with Crippen LogP contribution in [0, 0.1) is 0 Å². The first kappa shape index (κ1) is 50.8. The van der Waals surface area contributed by atoms with Crippen LogP contribution in [0.3, 0.4) is 0 Å². The van der Waals surface area contributed by atoms with E-state index in [1.807, 2.05) is 27.2 Å². The lowest BCUT2D eigenvalue weighted by atomic mass is 10.1. The number of carbonyl (C=O) groups is 1. The molecule has 0 rings (SSSR count). The van der Waals surface area contributed by atoms with Crippen LogP contribution in [0.4, 0.5) is 0 Å². The van der Waals surface area contributed by atoms with Crippen LogP contribution in [-0.2, 0) is 27.9 Å². The van der Waals surface area contributed by atoms with E-state index in [1.54, 1.807) is 6.26 Å². The molecule has 0 radical (unpaired) electrons. The molecule has 0 N–H and O–H groups in total. The number of phosphoric ester groups is 1. The molecule has 0 bridgehead atoms. The number of rotatable bonds is 37. The van der Waals surface area contributed by atoms with Crippen molar-refractivity contribution in [2.45, 2.75) is 155 Å². The van der Waals surface area contributed by atoms with E-state index >= 15 is 0 Å². The summed E-state index contributed by atoms with van der Waals surface area (Å²) in [6.45, 7) is 4.51. The second kappa shape index (κ2) is 36.7. The number of allylic oxidation sites excluding steroid dienone is 11. The Bertz CT molecular complexity index is 1070. The summed E-state index contributed by atoms with van der Waals surface area (Å²) < 4.78 is 34.2. The number of likely N-dealkylation sites (N-methyl/N-ethyl adjacent to an activating group) is 1. The molecule has 0 aromatic heterocycles. The number of phosphoric acid groups is 1. The Morgan fingerprint density at radius 1 is 0.623 bits per heavy atom. The van der Waals surface area contributed by atoms with Crippen LogP contribution in [-0.4, -0.2) is 64.1 Å². The second-order valence-electron chi connectivity index (χ2n) is 14.7. The van der Waals surface area contributed by atoms with Crippen molar-refractivity contribution in [3.05, 3.63) is 73.1 Å². The fourth-order valence-corrected chi connectivity index (χ4v) is 5.77. The first-order chi connectivity index (χ1) is 25.6. The highest BCUT2D eigenvalue weighted by Gasteiger charge is 2.19. The van der Waals surface area contributed by atoms with Crippen LogP contribution in [0.1, 0.15) is 149 Å². The van der Waals surface area contributed by atoms with Crippen LogP contribution < -0.4 is 4.89 Å². The highest BCUT2D eigenvalue weighted by Crippen LogP contribution is 2.38. The molecule has 0 saturated carbocycles.